The summed E-state index contributed by atoms with van der Waals surface area (Å²) < 4.78 is 15.8. The van der Waals surface area contributed by atoms with Crippen LogP contribution in [0.1, 0.15) is 52.9 Å². The standard InChI is InChI=1S/C14H28O4/c1-4-13(3)18-12-7-6-10-16-11-8-9-14(15)17-5-2/h13H,4-12H2,1-3H3. The van der Waals surface area contributed by atoms with Crippen molar-refractivity contribution in [2.75, 3.05) is 26.4 Å². The topological polar surface area (TPSA) is 44.8 Å². The van der Waals surface area contributed by atoms with E-state index in [1.807, 2.05) is 6.92 Å². The third-order valence-electron chi connectivity index (χ3n) is 2.64. The second kappa shape index (κ2) is 12.8. The van der Waals surface area contributed by atoms with Gasteiger partial charge in [0.1, 0.15) is 0 Å². The van der Waals surface area contributed by atoms with Crippen molar-refractivity contribution in [1.29, 1.82) is 0 Å². The lowest BCUT2D eigenvalue weighted by molar-refractivity contribution is -0.143. The van der Waals surface area contributed by atoms with Crippen molar-refractivity contribution in [3.8, 4) is 0 Å². The van der Waals surface area contributed by atoms with Crippen LogP contribution in [-0.2, 0) is 19.0 Å². The number of unbranched alkanes of at least 4 members (excludes halogenated alkanes) is 1. The number of carbonyl (C=O) groups is 1. The van der Waals surface area contributed by atoms with Crippen LogP contribution in [0.2, 0.25) is 0 Å². The molecule has 0 amide bonds. The minimum Gasteiger partial charge on any atom is -0.466 e. The number of ether oxygens (including phenoxy) is 3. The van der Waals surface area contributed by atoms with Crippen molar-refractivity contribution in [3.63, 3.8) is 0 Å². The SMILES string of the molecule is CCOC(=O)CCCOCCCCOC(C)CC. The fraction of sp³-hybridized carbons (Fsp3) is 0.929. The Balaban J connectivity index is 3.10. The molecule has 0 saturated heterocycles. The summed E-state index contributed by atoms with van der Waals surface area (Å²) in [6.07, 6.45) is 4.64. The second-order valence-corrected chi connectivity index (χ2v) is 4.32. The molecule has 0 heterocycles. The smallest absolute Gasteiger partial charge is 0.305 e. The number of hydrogen-bond donors (Lipinski definition) is 0. The Morgan fingerprint density at radius 3 is 2.39 bits per heavy atom. The van der Waals surface area contributed by atoms with Crippen LogP contribution < -0.4 is 0 Å². The molecule has 1 atom stereocenters. The zero-order valence-corrected chi connectivity index (χ0v) is 12.1. The highest BCUT2D eigenvalue weighted by atomic mass is 16.5. The summed E-state index contributed by atoms with van der Waals surface area (Å²) in [5, 5.41) is 0. The predicted octanol–water partition coefficient (Wildman–Crippen LogP) is 2.94. The predicted molar refractivity (Wildman–Crippen MR) is 71.6 cm³/mol. The van der Waals surface area contributed by atoms with Gasteiger partial charge in [0, 0.05) is 26.2 Å². The molecule has 0 aliphatic carbocycles. The molecule has 0 aromatic carbocycles. The Morgan fingerprint density at radius 2 is 1.72 bits per heavy atom. The summed E-state index contributed by atoms with van der Waals surface area (Å²) in [5.41, 5.74) is 0. The van der Waals surface area contributed by atoms with Crippen LogP contribution in [0.3, 0.4) is 0 Å². The van der Waals surface area contributed by atoms with Crippen LogP contribution in [0.25, 0.3) is 0 Å². The van der Waals surface area contributed by atoms with E-state index in [0.29, 0.717) is 25.7 Å². The molecule has 0 spiro atoms. The summed E-state index contributed by atoms with van der Waals surface area (Å²) in [7, 11) is 0. The van der Waals surface area contributed by atoms with Crippen molar-refractivity contribution >= 4 is 5.97 Å². The molecule has 0 aromatic heterocycles. The Kier molecular flexibility index (Phi) is 12.4. The Morgan fingerprint density at radius 1 is 1.06 bits per heavy atom. The van der Waals surface area contributed by atoms with Gasteiger partial charge >= 0.3 is 5.97 Å². The zero-order chi connectivity index (χ0) is 13.6. The molecule has 0 bridgehead atoms. The average molecular weight is 260 g/mol. The molecule has 4 nitrogen and oxygen atoms in total. The Bertz CT molecular complexity index is 194. The first kappa shape index (κ1) is 17.4. The summed E-state index contributed by atoms with van der Waals surface area (Å²) >= 11 is 0. The van der Waals surface area contributed by atoms with Gasteiger partial charge in [-0.1, -0.05) is 6.92 Å². The van der Waals surface area contributed by atoms with Gasteiger partial charge in [-0.05, 0) is 39.5 Å². The van der Waals surface area contributed by atoms with Gasteiger partial charge in [0.05, 0.1) is 12.7 Å². The molecular formula is C14H28O4. The minimum atomic E-state index is -0.136. The molecule has 4 heteroatoms. The Labute approximate surface area is 111 Å². The third-order valence-corrected chi connectivity index (χ3v) is 2.64. The van der Waals surface area contributed by atoms with Crippen LogP contribution in [0.5, 0.6) is 0 Å². The molecule has 0 N–H and O–H groups in total. The number of rotatable bonds is 12. The molecule has 0 saturated carbocycles. The van der Waals surface area contributed by atoms with Crippen LogP contribution in [0.4, 0.5) is 0 Å². The van der Waals surface area contributed by atoms with E-state index >= 15 is 0 Å². The van der Waals surface area contributed by atoms with E-state index in [-0.39, 0.29) is 5.97 Å². The van der Waals surface area contributed by atoms with Crippen molar-refractivity contribution in [2.45, 2.75) is 59.0 Å². The first-order valence-corrected chi connectivity index (χ1v) is 7.05. The molecule has 0 aromatic rings. The number of esters is 1. The van der Waals surface area contributed by atoms with Crippen LogP contribution >= 0.6 is 0 Å². The molecule has 108 valence electrons. The highest BCUT2D eigenvalue weighted by Gasteiger charge is 2.01. The van der Waals surface area contributed by atoms with Crippen LogP contribution in [-0.4, -0.2) is 38.5 Å². The second-order valence-electron chi connectivity index (χ2n) is 4.32. The summed E-state index contributed by atoms with van der Waals surface area (Å²) in [6, 6.07) is 0. The maximum absolute atomic E-state index is 11.0. The largest absolute Gasteiger partial charge is 0.466 e. The van der Waals surface area contributed by atoms with E-state index in [4.69, 9.17) is 14.2 Å². The third kappa shape index (κ3) is 11.9. The highest BCUT2D eigenvalue weighted by Crippen LogP contribution is 2.00. The lowest BCUT2D eigenvalue weighted by Gasteiger charge is -2.10. The van der Waals surface area contributed by atoms with Gasteiger partial charge < -0.3 is 14.2 Å². The molecular weight excluding hydrogens is 232 g/mol. The first-order chi connectivity index (χ1) is 8.70. The van der Waals surface area contributed by atoms with E-state index in [1.54, 1.807) is 0 Å². The van der Waals surface area contributed by atoms with Crippen molar-refractivity contribution in [3.05, 3.63) is 0 Å². The van der Waals surface area contributed by atoms with E-state index in [2.05, 4.69) is 13.8 Å². The van der Waals surface area contributed by atoms with Gasteiger partial charge in [0.2, 0.25) is 0 Å². The monoisotopic (exact) mass is 260 g/mol. The van der Waals surface area contributed by atoms with E-state index in [0.717, 1.165) is 38.9 Å². The fourth-order valence-corrected chi connectivity index (χ4v) is 1.36. The minimum absolute atomic E-state index is 0.136. The maximum Gasteiger partial charge on any atom is 0.305 e. The van der Waals surface area contributed by atoms with Crippen molar-refractivity contribution < 1.29 is 19.0 Å². The summed E-state index contributed by atoms with van der Waals surface area (Å²) in [4.78, 5) is 11.0. The first-order valence-electron chi connectivity index (χ1n) is 7.05. The maximum atomic E-state index is 11.0. The van der Waals surface area contributed by atoms with Gasteiger partial charge in [0.25, 0.3) is 0 Å². The van der Waals surface area contributed by atoms with Crippen molar-refractivity contribution in [1.82, 2.24) is 0 Å². The van der Waals surface area contributed by atoms with Gasteiger partial charge in [-0.2, -0.15) is 0 Å². The molecule has 0 rings (SSSR count). The zero-order valence-electron chi connectivity index (χ0n) is 12.1. The van der Waals surface area contributed by atoms with E-state index in [1.165, 1.54) is 0 Å². The molecule has 0 fully saturated rings. The quantitative estimate of drug-likeness (QED) is 0.400. The van der Waals surface area contributed by atoms with Gasteiger partial charge in [-0.25, -0.2) is 0 Å². The summed E-state index contributed by atoms with van der Waals surface area (Å²) in [5.74, 6) is -0.136. The van der Waals surface area contributed by atoms with Crippen molar-refractivity contribution in [2.24, 2.45) is 0 Å². The van der Waals surface area contributed by atoms with E-state index in [9.17, 15) is 4.79 Å². The molecule has 18 heavy (non-hydrogen) atoms. The highest BCUT2D eigenvalue weighted by molar-refractivity contribution is 5.69. The summed E-state index contributed by atoms with van der Waals surface area (Å²) in [6.45, 7) is 8.66. The van der Waals surface area contributed by atoms with E-state index < -0.39 is 0 Å². The van der Waals surface area contributed by atoms with Crippen LogP contribution in [0, 0.1) is 0 Å². The molecule has 0 aliphatic rings. The lowest BCUT2D eigenvalue weighted by atomic mass is 10.3. The number of carbonyl (C=O) groups excluding carboxylic acids is 1. The molecule has 1 unspecified atom stereocenters. The molecule has 0 radical (unpaired) electrons. The van der Waals surface area contributed by atoms with Crippen LogP contribution in [0.15, 0.2) is 0 Å². The number of hydrogen-bond acceptors (Lipinski definition) is 4. The van der Waals surface area contributed by atoms with Gasteiger partial charge in [0.15, 0.2) is 0 Å². The van der Waals surface area contributed by atoms with Gasteiger partial charge in [-0.15, -0.1) is 0 Å². The van der Waals surface area contributed by atoms with Gasteiger partial charge in [-0.3, -0.25) is 4.79 Å². The fourth-order valence-electron chi connectivity index (χ4n) is 1.36. The normalized spacial score (nSPS) is 12.4. The molecule has 0 aliphatic heterocycles. The Hall–Kier alpha value is -0.610. The lowest BCUT2D eigenvalue weighted by Crippen LogP contribution is -2.08. The average Bonchev–Trinajstić information content (AvgIpc) is 2.36.